The molecule has 0 amide bonds. The third-order valence-corrected chi connectivity index (χ3v) is 17.8. The van der Waals surface area contributed by atoms with Crippen molar-refractivity contribution in [1.29, 1.82) is 0 Å². The topological polar surface area (TPSA) is 0 Å². The quantitative estimate of drug-likeness (QED) is 0.157. The van der Waals surface area contributed by atoms with Crippen LogP contribution in [0, 0.1) is 0 Å². The first kappa shape index (κ1) is 23.1. The first-order chi connectivity index (χ1) is 19.7. The predicted octanol–water partition coefficient (Wildman–Crippen LogP) is 11.5. The molecule has 6 aromatic heterocycles. The van der Waals surface area contributed by atoms with Gasteiger partial charge < -0.3 is 0 Å². The Bertz CT molecular complexity index is 2360. The van der Waals surface area contributed by atoms with Crippen molar-refractivity contribution in [2.24, 2.45) is 0 Å². The fourth-order valence-electron chi connectivity index (χ4n) is 5.78. The molecule has 0 atom stereocenters. The minimum atomic E-state index is 0.362. The first-order valence-corrected chi connectivity index (χ1v) is 19.7. The van der Waals surface area contributed by atoms with Gasteiger partial charge in [0.15, 0.2) is 0 Å². The Kier molecular flexibility index (Phi) is 4.92. The van der Waals surface area contributed by atoms with Gasteiger partial charge >= 0.3 is 259 Å². The molecule has 0 aliphatic heterocycles. The Labute approximate surface area is 256 Å². The van der Waals surface area contributed by atoms with Crippen molar-refractivity contribution < 1.29 is 0 Å². The van der Waals surface area contributed by atoms with Crippen LogP contribution in [-0.2, 0) is 0 Å². The van der Waals surface area contributed by atoms with Crippen LogP contribution in [0.15, 0.2) is 97.1 Å². The standard InChI is InChI=1S/C34H16S4Se2/c1-3-7-23-17(5-1)11-27(35-23)31-13-19-9-21-25(15-29(19)39-31)37-34-22-10-20-14-32(40-30(20)16-26(22)38-33(21)34)28-12-18-6-2-4-8-24(18)36-28/h1-16H. The summed E-state index contributed by atoms with van der Waals surface area (Å²) in [5.41, 5.74) is 0. The molecule has 188 valence electrons. The summed E-state index contributed by atoms with van der Waals surface area (Å²) >= 11 is 8.59. The molecule has 0 spiro atoms. The van der Waals surface area contributed by atoms with E-state index < -0.39 is 0 Å². The predicted molar refractivity (Wildman–Crippen MR) is 185 cm³/mol. The van der Waals surface area contributed by atoms with Crippen LogP contribution in [0.2, 0.25) is 0 Å². The van der Waals surface area contributed by atoms with Crippen LogP contribution in [0.25, 0.3) is 87.7 Å². The molecule has 6 heteroatoms. The van der Waals surface area contributed by atoms with Gasteiger partial charge in [0.1, 0.15) is 0 Å². The number of thiophene rings is 4. The molecule has 0 nitrogen and oxygen atoms in total. The van der Waals surface area contributed by atoms with E-state index in [1.54, 1.807) is 0 Å². The summed E-state index contributed by atoms with van der Waals surface area (Å²) in [6.07, 6.45) is 0. The summed E-state index contributed by atoms with van der Waals surface area (Å²) in [5, 5.41) is 8.47. The van der Waals surface area contributed by atoms with E-state index in [2.05, 4.69) is 97.1 Å². The Hall–Kier alpha value is -2.50. The van der Waals surface area contributed by atoms with Gasteiger partial charge in [-0.1, -0.05) is 0 Å². The fraction of sp³-hybridized carbons (Fsp3) is 0. The molecule has 0 bridgehead atoms. The van der Waals surface area contributed by atoms with Gasteiger partial charge in [-0.25, -0.2) is 0 Å². The maximum atomic E-state index is 2.50. The molecular formula is C34H16S4Se2. The van der Waals surface area contributed by atoms with Crippen LogP contribution in [0.5, 0.6) is 0 Å². The van der Waals surface area contributed by atoms with E-state index in [0.29, 0.717) is 29.0 Å². The summed E-state index contributed by atoms with van der Waals surface area (Å²) < 4.78 is 14.7. The molecule has 0 saturated heterocycles. The summed E-state index contributed by atoms with van der Waals surface area (Å²) in [4.78, 5) is 2.87. The average Bonchev–Trinajstić information content (AvgIpc) is 3.79. The van der Waals surface area contributed by atoms with Gasteiger partial charge in [0.25, 0.3) is 0 Å². The third kappa shape index (κ3) is 3.40. The molecule has 0 aliphatic rings. The van der Waals surface area contributed by atoms with Crippen molar-refractivity contribution in [3.8, 4) is 18.6 Å². The SMILES string of the molecule is c1ccc2sc(-c3cc4cc5c(cc4[se]3)sc3c4cc6cc(-c7cc8ccccc8s7)[se]c6cc4sc53)cc2c1. The molecule has 4 aromatic carbocycles. The summed E-state index contributed by atoms with van der Waals surface area (Å²) in [6.45, 7) is 0. The van der Waals surface area contributed by atoms with Gasteiger partial charge in [-0.3, -0.25) is 0 Å². The van der Waals surface area contributed by atoms with Crippen molar-refractivity contribution >= 4 is 143 Å². The molecule has 10 rings (SSSR count). The number of fused-ring (bicyclic) bond motifs is 9. The Balaban J connectivity index is 1.11. The zero-order valence-corrected chi connectivity index (χ0v) is 27.4. The summed E-state index contributed by atoms with van der Waals surface area (Å²) in [7, 11) is 0. The third-order valence-electron chi connectivity index (χ3n) is 7.69. The van der Waals surface area contributed by atoms with Crippen LogP contribution < -0.4 is 0 Å². The number of hydrogen-bond donors (Lipinski definition) is 0. The maximum absolute atomic E-state index is 2.50. The minimum absolute atomic E-state index is 0.362. The fourth-order valence-corrected chi connectivity index (χ4v) is 15.9. The van der Waals surface area contributed by atoms with Crippen molar-refractivity contribution in [2.75, 3.05) is 0 Å². The van der Waals surface area contributed by atoms with Crippen molar-refractivity contribution in [1.82, 2.24) is 0 Å². The summed E-state index contributed by atoms with van der Waals surface area (Å²) in [6, 6.07) is 37.2. The molecular weight excluding hydrogens is 695 g/mol. The molecule has 0 radical (unpaired) electrons. The van der Waals surface area contributed by atoms with E-state index in [9.17, 15) is 0 Å². The van der Waals surface area contributed by atoms with E-state index in [4.69, 9.17) is 0 Å². The van der Waals surface area contributed by atoms with E-state index in [1.807, 2.05) is 45.3 Å². The van der Waals surface area contributed by atoms with Gasteiger partial charge in [0.2, 0.25) is 0 Å². The molecule has 10 aromatic rings. The van der Waals surface area contributed by atoms with Crippen LogP contribution in [0.1, 0.15) is 0 Å². The molecule has 0 unspecified atom stereocenters. The Morgan fingerprint density at radius 2 is 0.875 bits per heavy atom. The van der Waals surface area contributed by atoms with Gasteiger partial charge in [0, 0.05) is 0 Å². The average molecular weight is 711 g/mol. The molecule has 40 heavy (non-hydrogen) atoms. The Morgan fingerprint density at radius 3 is 1.35 bits per heavy atom. The Morgan fingerprint density at radius 1 is 0.400 bits per heavy atom. The van der Waals surface area contributed by atoms with Crippen LogP contribution >= 0.6 is 45.3 Å². The van der Waals surface area contributed by atoms with Crippen LogP contribution in [0.4, 0.5) is 0 Å². The monoisotopic (exact) mass is 712 g/mol. The molecule has 0 fully saturated rings. The van der Waals surface area contributed by atoms with E-state index in [1.165, 1.54) is 87.7 Å². The number of hydrogen-bond acceptors (Lipinski definition) is 4. The van der Waals surface area contributed by atoms with E-state index in [-0.39, 0.29) is 0 Å². The first-order valence-electron chi connectivity index (χ1n) is 13.0. The van der Waals surface area contributed by atoms with Gasteiger partial charge in [0.05, 0.1) is 0 Å². The van der Waals surface area contributed by atoms with Gasteiger partial charge in [-0.15, -0.1) is 0 Å². The second-order valence-corrected chi connectivity index (χ2v) is 19.0. The summed E-state index contributed by atoms with van der Waals surface area (Å²) in [5.74, 6) is 0. The number of benzene rings is 4. The van der Waals surface area contributed by atoms with Crippen molar-refractivity contribution in [2.45, 2.75) is 0 Å². The van der Waals surface area contributed by atoms with Crippen molar-refractivity contribution in [3.05, 3.63) is 97.1 Å². The normalized spacial score (nSPS) is 12.5. The van der Waals surface area contributed by atoms with Crippen LogP contribution in [0.3, 0.4) is 0 Å². The van der Waals surface area contributed by atoms with Crippen molar-refractivity contribution in [3.63, 3.8) is 0 Å². The van der Waals surface area contributed by atoms with E-state index >= 15 is 0 Å². The van der Waals surface area contributed by atoms with E-state index in [0.717, 1.165) is 0 Å². The molecule has 0 N–H and O–H groups in total. The molecule has 6 heterocycles. The van der Waals surface area contributed by atoms with Gasteiger partial charge in [-0.2, -0.15) is 0 Å². The zero-order valence-electron chi connectivity index (χ0n) is 20.7. The molecule has 0 aliphatic carbocycles. The second kappa shape index (κ2) is 8.51. The number of rotatable bonds is 2. The van der Waals surface area contributed by atoms with Crippen LogP contribution in [-0.4, -0.2) is 29.0 Å². The second-order valence-electron chi connectivity index (χ2n) is 10.2. The van der Waals surface area contributed by atoms with Gasteiger partial charge in [-0.05, 0) is 0 Å². The zero-order chi connectivity index (χ0) is 25.9. The molecule has 0 saturated carbocycles.